The summed E-state index contributed by atoms with van der Waals surface area (Å²) in [5, 5.41) is 10.3. The number of carbonyl (C=O) groups is 2. The molecule has 0 radical (unpaired) electrons. The van der Waals surface area contributed by atoms with Crippen LogP contribution in [0.2, 0.25) is 0 Å². The summed E-state index contributed by atoms with van der Waals surface area (Å²) < 4.78 is 14.2. The van der Waals surface area contributed by atoms with Gasteiger partial charge < -0.3 is 19.3 Å². The van der Waals surface area contributed by atoms with Gasteiger partial charge in [0.25, 0.3) is 0 Å². The zero-order valence-electron chi connectivity index (χ0n) is 10.4. The highest BCUT2D eigenvalue weighted by Gasteiger charge is 2.50. The molecule has 0 saturated carbocycles. The zero-order valence-corrected chi connectivity index (χ0v) is 10.4. The molecule has 0 spiro atoms. The van der Waals surface area contributed by atoms with Crippen molar-refractivity contribution < 1.29 is 28.9 Å². The number of benzene rings is 1. The smallest absolute Gasteiger partial charge is 0.384 e. The summed E-state index contributed by atoms with van der Waals surface area (Å²) in [4.78, 5) is 23.4. The number of ether oxygens (including phenoxy) is 3. The van der Waals surface area contributed by atoms with Crippen LogP contribution in [0.5, 0.6) is 5.75 Å². The summed E-state index contributed by atoms with van der Waals surface area (Å²) >= 11 is 0. The minimum absolute atomic E-state index is 0.267. The lowest BCUT2D eigenvalue weighted by molar-refractivity contribution is -0.189. The molecule has 19 heavy (non-hydrogen) atoms. The summed E-state index contributed by atoms with van der Waals surface area (Å²) in [6, 6.07) is 6.65. The molecule has 1 aliphatic heterocycles. The second kappa shape index (κ2) is 4.74. The summed E-state index contributed by atoms with van der Waals surface area (Å²) in [6.45, 7) is 0. The van der Waals surface area contributed by atoms with Gasteiger partial charge in [0.05, 0.1) is 14.2 Å². The number of methoxy groups -OCH3 is 2. The topological polar surface area (TPSA) is 82.1 Å². The van der Waals surface area contributed by atoms with Crippen molar-refractivity contribution in [3.05, 3.63) is 35.4 Å². The third-order valence-electron chi connectivity index (χ3n) is 2.71. The first-order chi connectivity index (χ1) is 9.02. The number of fused-ring (bicyclic) bond motifs is 1. The lowest BCUT2D eigenvalue weighted by atomic mass is 9.98. The highest BCUT2D eigenvalue weighted by atomic mass is 16.7. The molecule has 6 nitrogen and oxygen atoms in total. The van der Waals surface area contributed by atoms with Crippen LogP contribution in [0.3, 0.4) is 0 Å². The Kier molecular flexibility index (Phi) is 3.26. The fraction of sp³-hybridized carbons (Fsp3) is 0.231. The van der Waals surface area contributed by atoms with E-state index >= 15 is 0 Å². The van der Waals surface area contributed by atoms with E-state index < -0.39 is 17.7 Å². The van der Waals surface area contributed by atoms with Gasteiger partial charge >= 0.3 is 17.7 Å². The summed E-state index contributed by atoms with van der Waals surface area (Å²) in [5.41, 5.74) is 0.219. The number of carbonyl (C=O) groups excluding carboxylic acids is 2. The largest absolute Gasteiger partial charge is 0.465 e. The van der Waals surface area contributed by atoms with E-state index in [-0.39, 0.29) is 11.3 Å². The third-order valence-corrected chi connectivity index (χ3v) is 2.71. The summed E-state index contributed by atoms with van der Waals surface area (Å²) in [7, 11) is 2.22. The minimum atomic E-state index is -2.50. The number of hydrogen-bond acceptors (Lipinski definition) is 6. The maximum Gasteiger partial charge on any atom is 0.384 e. The molecule has 1 aliphatic rings. The van der Waals surface area contributed by atoms with Crippen molar-refractivity contribution in [3.63, 3.8) is 0 Å². The lowest BCUT2D eigenvalue weighted by Crippen LogP contribution is -2.50. The molecule has 6 heteroatoms. The van der Waals surface area contributed by atoms with Crippen molar-refractivity contribution >= 4 is 18.0 Å². The van der Waals surface area contributed by atoms with Gasteiger partial charge in [0.15, 0.2) is 0 Å². The van der Waals surface area contributed by atoms with Crippen LogP contribution < -0.4 is 4.74 Å². The molecular weight excluding hydrogens is 252 g/mol. The van der Waals surface area contributed by atoms with Crippen LogP contribution in [0.15, 0.2) is 29.8 Å². The maximum absolute atomic E-state index is 11.7. The minimum Gasteiger partial charge on any atom is -0.465 e. The van der Waals surface area contributed by atoms with Crippen molar-refractivity contribution in [2.75, 3.05) is 14.2 Å². The Labute approximate surface area is 109 Å². The second-order valence-corrected chi connectivity index (χ2v) is 3.83. The highest BCUT2D eigenvalue weighted by molar-refractivity contribution is 6.04. The fourth-order valence-corrected chi connectivity index (χ4v) is 1.76. The van der Waals surface area contributed by atoms with Crippen LogP contribution >= 0.6 is 0 Å². The van der Waals surface area contributed by atoms with Gasteiger partial charge in [0.2, 0.25) is 0 Å². The highest BCUT2D eigenvalue weighted by Crippen LogP contribution is 2.35. The second-order valence-electron chi connectivity index (χ2n) is 3.83. The molecule has 0 saturated heterocycles. The van der Waals surface area contributed by atoms with E-state index in [1.54, 1.807) is 24.3 Å². The van der Waals surface area contributed by atoms with Gasteiger partial charge in [0, 0.05) is 5.56 Å². The molecule has 2 rings (SSSR count). The fourth-order valence-electron chi connectivity index (χ4n) is 1.76. The first-order valence-corrected chi connectivity index (χ1v) is 5.42. The van der Waals surface area contributed by atoms with Gasteiger partial charge in [-0.05, 0) is 12.1 Å². The molecule has 0 aliphatic carbocycles. The Morgan fingerprint density at radius 3 is 2.53 bits per heavy atom. The molecule has 0 bridgehead atoms. The standard InChI is InChI=1S/C13H12O6/c1-17-11(14)9-7-8-5-3-4-6-10(8)19-13(9,16)12(15)18-2/h3-7,16H,1-2H3. The van der Waals surface area contributed by atoms with Crippen molar-refractivity contribution in [1.29, 1.82) is 0 Å². The SMILES string of the molecule is COC(=O)C1=Cc2ccccc2OC1(O)C(=O)OC. The number of hydrogen-bond donors (Lipinski definition) is 1. The van der Waals surface area contributed by atoms with Crippen LogP contribution in [0, 0.1) is 0 Å². The van der Waals surface area contributed by atoms with Crippen LogP contribution in [0.1, 0.15) is 5.56 Å². The van der Waals surface area contributed by atoms with Crippen LogP contribution in [0.4, 0.5) is 0 Å². The Morgan fingerprint density at radius 1 is 1.21 bits per heavy atom. The van der Waals surface area contributed by atoms with E-state index in [1.807, 2.05) is 0 Å². The van der Waals surface area contributed by atoms with E-state index in [9.17, 15) is 14.7 Å². The van der Waals surface area contributed by atoms with Crippen molar-refractivity contribution in [1.82, 2.24) is 0 Å². The predicted octanol–water partition coefficient (Wildman–Crippen LogP) is 0.497. The molecule has 0 amide bonds. The zero-order chi connectivity index (χ0) is 14.0. The van der Waals surface area contributed by atoms with Crippen LogP contribution in [0.25, 0.3) is 6.08 Å². The number of esters is 2. The van der Waals surface area contributed by atoms with Crippen molar-refractivity contribution in [2.45, 2.75) is 5.79 Å². The summed E-state index contributed by atoms with van der Waals surface area (Å²) in [6.07, 6.45) is 1.33. The van der Waals surface area contributed by atoms with E-state index in [4.69, 9.17) is 4.74 Å². The number of aliphatic hydroxyl groups is 1. The average Bonchev–Trinajstić information content (AvgIpc) is 2.44. The Morgan fingerprint density at radius 2 is 1.89 bits per heavy atom. The molecule has 0 fully saturated rings. The predicted molar refractivity (Wildman–Crippen MR) is 64.0 cm³/mol. The maximum atomic E-state index is 11.7. The first-order valence-electron chi connectivity index (χ1n) is 5.42. The average molecular weight is 264 g/mol. The quantitative estimate of drug-likeness (QED) is 0.783. The van der Waals surface area contributed by atoms with Crippen molar-refractivity contribution in [3.8, 4) is 5.75 Å². The van der Waals surface area contributed by atoms with Gasteiger partial charge in [-0.15, -0.1) is 0 Å². The number of para-hydroxylation sites is 1. The Bertz CT molecular complexity index is 562. The van der Waals surface area contributed by atoms with Gasteiger partial charge in [-0.1, -0.05) is 18.2 Å². The monoisotopic (exact) mass is 264 g/mol. The van der Waals surface area contributed by atoms with E-state index in [1.165, 1.54) is 6.08 Å². The van der Waals surface area contributed by atoms with Gasteiger partial charge in [-0.2, -0.15) is 0 Å². The van der Waals surface area contributed by atoms with Gasteiger partial charge in [0.1, 0.15) is 11.3 Å². The van der Waals surface area contributed by atoms with E-state index in [0.717, 1.165) is 14.2 Å². The molecule has 1 heterocycles. The van der Waals surface area contributed by atoms with Gasteiger partial charge in [-0.25, -0.2) is 9.59 Å². The normalized spacial score (nSPS) is 20.7. The molecule has 1 aromatic carbocycles. The van der Waals surface area contributed by atoms with Gasteiger partial charge in [-0.3, -0.25) is 0 Å². The van der Waals surface area contributed by atoms with Crippen molar-refractivity contribution in [2.24, 2.45) is 0 Å². The van der Waals surface area contributed by atoms with E-state index in [2.05, 4.69) is 9.47 Å². The molecule has 1 unspecified atom stereocenters. The van der Waals surface area contributed by atoms with Crippen LogP contribution in [-0.4, -0.2) is 37.1 Å². The number of rotatable bonds is 2. The third kappa shape index (κ3) is 2.06. The Balaban J connectivity index is 2.58. The molecule has 0 aromatic heterocycles. The molecule has 1 atom stereocenters. The molecular formula is C13H12O6. The molecule has 100 valence electrons. The van der Waals surface area contributed by atoms with E-state index in [0.29, 0.717) is 5.56 Å². The van der Waals surface area contributed by atoms with Crippen LogP contribution in [-0.2, 0) is 19.1 Å². The molecule has 1 N–H and O–H groups in total. The Hall–Kier alpha value is -2.34. The summed E-state index contributed by atoms with van der Waals surface area (Å²) in [5.74, 6) is -4.21. The molecule has 1 aromatic rings. The first kappa shape index (κ1) is 13.1. The lowest BCUT2D eigenvalue weighted by Gasteiger charge is -2.31.